The normalized spacial score (nSPS) is 10.1. The number of nitrogens with one attached hydrogen (secondary N) is 2. The van der Waals surface area contributed by atoms with Crippen molar-refractivity contribution in [1.29, 1.82) is 0 Å². The van der Waals surface area contributed by atoms with Crippen molar-refractivity contribution in [2.45, 2.75) is 26.7 Å². The molecule has 2 rings (SSSR count). The summed E-state index contributed by atoms with van der Waals surface area (Å²) in [5.74, 6) is 0.354. The van der Waals surface area contributed by atoms with Gasteiger partial charge in [0.05, 0.1) is 6.61 Å². The number of amides is 2. The zero-order valence-corrected chi connectivity index (χ0v) is 14.0. The Kier molecular flexibility index (Phi) is 6.37. The van der Waals surface area contributed by atoms with Crippen LogP contribution < -0.4 is 15.4 Å². The van der Waals surface area contributed by atoms with Crippen LogP contribution in [0.2, 0.25) is 0 Å². The lowest BCUT2D eigenvalue weighted by Crippen LogP contribution is -2.12. The Hall–Kier alpha value is -2.82. The standard InChI is InChI=1S/C19H22N2O3/c1-3-4-12-24-18-7-5-6-15(13-18)19(23)21-17-10-8-16(9-11-17)20-14(2)22/h5-11,13H,3-4,12H2,1-2H3,(H,20,22)(H,21,23). The van der Waals surface area contributed by atoms with E-state index in [1.54, 1.807) is 42.5 Å². The number of ether oxygens (including phenoxy) is 1. The van der Waals surface area contributed by atoms with Crippen LogP contribution in [-0.2, 0) is 4.79 Å². The van der Waals surface area contributed by atoms with Gasteiger partial charge in [-0.25, -0.2) is 0 Å². The zero-order valence-electron chi connectivity index (χ0n) is 14.0. The van der Waals surface area contributed by atoms with Gasteiger partial charge in [-0.2, -0.15) is 0 Å². The Morgan fingerprint density at radius 1 is 1.00 bits per heavy atom. The Labute approximate surface area is 142 Å². The van der Waals surface area contributed by atoms with Gasteiger partial charge >= 0.3 is 0 Å². The average molecular weight is 326 g/mol. The number of rotatable bonds is 7. The Balaban J connectivity index is 1.98. The predicted octanol–water partition coefficient (Wildman–Crippen LogP) is 4.08. The summed E-state index contributed by atoms with van der Waals surface area (Å²) in [6.07, 6.45) is 2.05. The number of hydrogen-bond acceptors (Lipinski definition) is 3. The lowest BCUT2D eigenvalue weighted by molar-refractivity contribution is -0.114. The lowest BCUT2D eigenvalue weighted by atomic mass is 10.2. The van der Waals surface area contributed by atoms with Crippen molar-refractivity contribution in [3.05, 3.63) is 54.1 Å². The van der Waals surface area contributed by atoms with Gasteiger partial charge in [-0.1, -0.05) is 19.4 Å². The van der Waals surface area contributed by atoms with E-state index in [4.69, 9.17) is 4.74 Å². The van der Waals surface area contributed by atoms with Gasteiger partial charge in [-0.15, -0.1) is 0 Å². The van der Waals surface area contributed by atoms with Crippen LogP contribution in [0.25, 0.3) is 0 Å². The largest absolute Gasteiger partial charge is 0.494 e. The van der Waals surface area contributed by atoms with Crippen molar-refractivity contribution in [1.82, 2.24) is 0 Å². The minimum atomic E-state index is -0.205. The molecule has 0 heterocycles. The number of carbonyl (C=O) groups is 2. The van der Waals surface area contributed by atoms with E-state index in [-0.39, 0.29) is 11.8 Å². The summed E-state index contributed by atoms with van der Waals surface area (Å²) in [5.41, 5.74) is 1.88. The lowest BCUT2D eigenvalue weighted by Gasteiger charge is -2.09. The summed E-state index contributed by atoms with van der Waals surface area (Å²) in [7, 11) is 0. The molecule has 0 aliphatic heterocycles. The van der Waals surface area contributed by atoms with Crippen LogP contribution in [0.4, 0.5) is 11.4 Å². The molecule has 0 unspecified atom stereocenters. The van der Waals surface area contributed by atoms with Gasteiger partial charge in [0.25, 0.3) is 5.91 Å². The first-order valence-corrected chi connectivity index (χ1v) is 8.00. The topological polar surface area (TPSA) is 67.4 Å². The van der Waals surface area contributed by atoms with Crippen LogP contribution in [0, 0.1) is 0 Å². The van der Waals surface area contributed by atoms with Crippen molar-refractivity contribution in [2.75, 3.05) is 17.2 Å². The molecule has 0 fully saturated rings. The smallest absolute Gasteiger partial charge is 0.255 e. The number of carbonyl (C=O) groups excluding carboxylic acids is 2. The van der Waals surface area contributed by atoms with E-state index in [9.17, 15) is 9.59 Å². The van der Waals surface area contributed by atoms with Crippen LogP contribution in [0.1, 0.15) is 37.0 Å². The summed E-state index contributed by atoms with van der Waals surface area (Å²) in [6.45, 7) is 4.20. The Morgan fingerprint density at radius 3 is 2.29 bits per heavy atom. The van der Waals surface area contributed by atoms with Crippen molar-refractivity contribution in [2.24, 2.45) is 0 Å². The molecule has 2 amide bonds. The third-order valence-corrected chi connectivity index (χ3v) is 3.33. The van der Waals surface area contributed by atoms with Gasteiger partial charge in [0, 0.05) is 23.9 Å². The summed E-state index contributed by atoms with van der Waals surface area (Å²) in [4.78, 5) is 23.3. The molecule has 2 aromatic carbocycles. The molecule has 0 aromatic heterocycles. The van der Waals surface area contributed by atoms with Crippen molar-refractivity contribution in [3.8, 4) is 5.75 Å². The van der Waals surface area contributed by atoms with Crippen LogP contribution in [0.5, 0.6) is 5.75 Å². The van der Waals surface area contributed by atoms with Gasteiger partial charge in [0.2, 0.25) is 5.91 Å². The molecular formula is C19H22N2O3. The van der Waals surface area contributed by atoms with E-state index in [1.807, 2.05) is 6.07 Å². The van der Waals surface area contributed by atoms with Gasteiger partial charge in [0.15, 0.2) is 0 Å². The van der Waals surface area contributed by atoms with E-state index >= 15 is 0 Å². The Bertz CT molecular complexity index is 696. The SMILES string of the molecule is CCCCOc1cccc(C(=O)Nc2ccc(NC(C)=O)cc2)c1. The minimum Gasteiger partial charge on any atom is -0.494 e. The fourth-order valence-electron chi connectivity index (χ4n) is 2.10. The fraction of sp³-hybridized carbons (Fsp3) is 0.263. The summed E-state index contributed by atoms with van der Waals surface area (Å²) in [5, 5.41) is 5.51. The number of anilines is 2. The molecule has 0 radical (unpaired) electrons. The molecule has 24 heavy (non-hydrogen) atoms. The van der Waals surface area contributed by atoms with Gasteiger partial charge < -0.3 is 15.4 Å². The highest BCUT2D eigenvalue weighted by Gasteiger charge is 2.07. The molecule has 0 saturated carbocycles. The minimum absolute atomic E-state index is 0.133. The highest BCUT2D eigenvalue weighted by Crippen LogP contribution is 2.17. The summed E-state index contributed by atoms with van der Waals surface area (Å²) < 4.78 is 5.62. The fourth-order valence-corrected chi connectivity index (χ4v) is 2.10. The molecule has 2 aromatic rings. The first-order chi connectivity index (χ1) is 11.6. The second-order valence-electron chi connectivity index (χ2n) is 5.44. The molecule has 0 spiro atoms. The molecule has 0 saturated heterocycles. The van der Waals surface area contributed by atoms with E-state index in [0.29, 0.717) is 29.3 Å². The number of hydrogen-bond donors (Lipinski definition) is 2. The van der Waals surface area contributed by atoms with E-state index in [2.05, 4.69) is 17.6 Å². The quantitative estimate of drug-likeness (QED) is 0.754. The molecule has 0 aliphatic rings. The van der Waals surface area contributed by atoms with Crippen LogP contribution >= 0.6 is 0 Å². The molecular weight excluding hydrogens is 304 g/mol. The van der Waals surface area contributed by atoms with Crippen molar-refractivity contribution < 1.29 is 14.3 Å². The molecule has 5 heteroatoms. The molecule has 126 valence electrons. The second-order valence-corrected chi connectivity index (χ2v) is 5.44. The summed E-state index contributed by atoms with van der Waals surface area (Å²) in [6, 6.07) is 14.1. The first-order valence-electron chi connectivity index (χ1n) is 8.00. The van der Waals surface area contributed by atoms with Crippen LogP contribution in [0.15, 0.2) is 48.5 Å². The molecule has 0 bridgehead atoms. The number of benzene rings is 2. The molecule has 0 aliphatic carbocycles. The monoisotopic (exact) mass is 326 g/mol. The average Bonchev–Trinajstić information content (AvgIpc) is 2.57. The number of unbranched alkanes of at least 4 members (excludes halogenated alkanes) is 1. The third-order valence-electron chi connectivity index (χ3n) is 3.33. The Morgan fingerprint density at radius 2 is 1.67 bits per heavy atom. The maximum Gasteiger partial charge on any atom is 0.255 e. The van der Waals surface area contributed by atoms with E-state index in [1.165, 1.54) is 6.92 Å². The van der Waals surface area contributed by atoms with Crippen molar-refractivity contribution >= 4 is 23.2 Å². The summed E-state index contributed by atoms with van der Waals surface area (Å²) >= 11 is 0. The van der Waals surface area contributed by atoms with Gasteiger partial charge in [0.1, 0.15) is 5.75 Å². The van der Waals surface area contributed by atoms with Gasteiger partial charge in [-0.05, 0) is 48.9 Å². The second kappa shape index (κ2) is 8.72. The van der Waals surface area contributed by atoms with Crippen LogP contribution in [-0.4, -0.2) is 18.4 Å². The predicted molar refractivity (Wildman–Crippen MR) is 95.5 cm³/mol. The molecule has 5 nitrogen and oxygen atoms in total. The molecule has 2 N–H and O–H groups in total. The van der Waals surface area contributed by atoms with E-state index in [0.717, 1.165) is 12.8 Å². The third kappa shape index (κ3) is 5.43. The zero-order chi connectivity index (χ0) is 17.4. The van der Waals surface area contributed by atoms with Gasteiger partial charge in [-0.3, -0.25) is 9.59 Å². The highest BCUT2D eigenvalue weighted by molar-refractivity contribution is 6.04. The maximum absolute atomic E-state index is 12.3. The van der Waals surface area contributed by atoms with Crippen LogP contribution in [0.3, 0.4) is 0 Å². The molecule has 0 atom stereocenters. The maximum atomic E-state index is 12.3. The highest BCUT2D eigenvalue weighted by atomic mass is 16.5. The first kappa shape index (κ1) is 17.5. The van der Waals surface area contributed by atoms with E-state index < -0.39 is 0 Å². The van der Waals surface area contributed by atoms with Crippen molar-refractivity contribution in [3.63, 3.8) is 0 Å².